The second-order valence-corrected chi connectivity index (χ2v) is 5.27. The summed E-state index contributed by atoms with van der Waals surface area (Å²) >= 11 is 0. The minimum Gasteiger partial charge on any atom is -0.383 e. The molecule has 1 unspecified atom stereocenters. The van der Waals surface area contributed by atoms with E-state index in [9.17, 15) is 10.4 Å². The van der Waals surface area contributed by atoms with Crippen LogP contribution in [0, 0.1) is 16.7 Å². The van der Waals surface area contributed by atoms with Crippen molar-refractivity contribution < 1.29 is 14.6 Å². The Morgan fingerprint density at radius 3 is 2.11 bits per heavy atom. The van der Waals surface area contributed by atoms with Crippen molar-refractivity contribution in [2.45, 2.75) is 31.7 Å². The maximum atomic E-state index is 10.8. The van der Waals surface area contributed by atoms with E-state index in [0.717, 1.165) is 11.1 Å². The van der Waals surface area contributed by atoms with Gasteiger partial charge in [-0.15, -0.1) is 0 Å². The van der Waals surface area contributed by atoms with E-state index in [-0.39, 0.29) is 0 Å². The molecule has 1 aromatic carbocycles. The van der Waals surface area contributed by atoms with Gasteiger partial charge in [0.1, 0.15) is 5.60 Å². The zero-order valence-corrected chi connectivity index (χ0v) is 11.5. The smallest absolute Gasteiger partial charge is 0.186 e. The molecular formula is C15H19NO3. The molecule has 1 aliphatic rings. The molecule has 2 rings (SSSR count). The topological polar surface area (TPSA) is 62.5 Å². The summed E-state index contributed by atoms with van der Waals surface area (Å²) in [6.07, 6.45) is 0.188. The number of hydrogen-bond donors (Lipinski definition) is 1. The lowest BCUT2D eigenvalue weighted by Crippen LogP contribution is -2.55. The molecule has 19 heavy (non-hydrogen) atoms. The standard InChI is InChI=1S/C15H19NO3/c1-14(17,13(18-2)19-3)15(10-16)8-11-6-4-5-7-12(11)9-15/h4-7,13,17H,8-9H2,1-3H3. The van der Waals surface area contributed by atoms with Gasteiger partial charge < -0.3 is 14.6 Å². The van der Waals surface area contributed by atoms with Gasteiger partial charge in [0.15, 0.2) is 6.29 Å². The highest BCUT2D eigenvalue weighted by atomic mass is 16.7. The van der Waals surface area contributed by atoms with Crippen molar-refractivity contribution in [2.24, 2.45) is 5.41 Å². The van der Waals surface area contributed by atoms with Crippen LogP contribution in [0.2, 0.25) is 0 Å². The van der Waals surface area contributed by atoms with Gasteiger partial charge in [0.05, 0.1) is 11.5 Å². The molecule has 0 aliphatic heterocycles. The van der Waals surface area contributed by atoms with Crippen molar-refractivity contribution in [2.75, 3.05) is 14.2 Å². The molecule has 0 amide bonds. The second-order valence-electron chi connectivity index (χ2n) is 5.27. The molecule has 0 bridgehead atoms. The summed E-state index contributed by atoms with van der Waals surface area (Å²) in [4.78, 5) is 0. The highest BCUT2D eigenvalue weighted by molar-refractivity contribution is 5.39. The molecular weight excluding hydrogens is 242 g/mol. The predicted octanol–water partition coefficient (Wildman–Crippen LogP) is 1.67. The minimum absolute atomic E-state index is 0.510. The maximum Gasteiger partial charge on any atom is 0.186 e. The largest absolute Gasteiger partial charge is 0.383 e. The first kappa shape index (κ1) is 14.0. The van der Waals surface area contributed by atoms with Gasteiger partial charge >= 0.3 is 0 Å². The van der Waals surface area contributed by atoms with E-state index >= 15 is 0 Å². The van der Waals surface area contributed by atoms with E-state index in [1.807, 2.05) is 24.3 Å². The average Bonchev–Trinajstić information content (AvgIpc) is 2.80. The Hall–Kier alpha value is -1.41. The Morgan fingerprint density at radius 1 is 1.26 bits per heavy atom. The van der Waals surface area contributed by atoms with E-state index in [1.165, 1.54) is 14.2 Å². The van der Waals surface area contributed by atoms with Gasteiger partial charge in [-0.2, -0.15) is 5.26 Å². The van der Waals surface area contributed by atoms with Crippen molar-refractivity contribution in [3.8, 4) is 6.07 Å². The third-order valence-corrected chi connectivity index (χ3v) is 4.17. The van der Waals surface area contributed by atoms with Crippen LogP contribution in [0.5, 0.6) is 0 Å². The second kappa shape index (κ2) is 4.93. The van der Waals surface area contributed by atoms with Gasteiger partial charge in [-0.3, -0.25) is 0 Å². The molecule has 0 fully saturated rings. The molecule has 0 aromatic heterocycles. The molecule has 4 nitrogen and oxygen atoms in total. The van der Waals surface area contributed by atoms with E-state index in [2.05, 4.69) is 6.07 Å². The molecule has 1 atom stereocenters. The van der Waals surface area contributed by atoms with Crippen LogP contribution in [0.15, 0.2) is 24.3 Å². The molecule has 102 valence electrons. The van der Waals surface area contributed by atoms with Crippen LogP contribution in [-0.2, 0) is 22.3 Å². The van der Waals surface area contributed by atoms with Crippen molar-refractivity contribution >= 4 is 0 Å². The summed E-state index contributed by atoms with van der Waals surface area (Å²) in [5, 5.41) is 20.5. The lowest BCUT2D eigenvalue weighted by atomic mass is 9.71. The van der Waals surface area contributed by atoms with Crippen LogP contribution < -0.4 is 0 Å². The summed E-state index contributed by atoms with van der Waals surface area (Å²) in [5.41, 5.74) is -0.0944. The number of rotatable bonds is 4. The zero-order valence-electron chi connectivity index (χ0n) is 11.5. The number of ether oxygens (including phenoxy) is 2. The maximum absolute atomic E-state index is 10.8. The van der Waals surface area contributed by atoms with E-state index < -0.39 is 17.3 Å². The van der Waals surface area contributed by atoms with Gasteiger partial charge in [0, 0.05) is 14.2 Å². The first-order valence-electron chi connectivity index (χ1n) is 6.27. The predicted molar refractivity (Wildman–Crippen MR) is 70.3 cm³/mol. The number of nitrogens with zero attached hydrogens (tertiary/aromatic N) is 1. The van der Waals surface area contributed by atoms with Crippen molar-refractivity contribution in [1.29, 1.82) is 5.26 Å². The van der Waals surface area contributed by atoms with E-state index in [1.54, 1.807) is 6.92 Å². The fourth-order valence-electron chi connectivity index (χ4n) is 2.95. The molecule has 0 saturated carbocycles. The molecule has 1 aromatic rings. The number of benzene rings is 1. The zero-order chi connectivity index (χ0) is 14.1. The van der Waals surface area contributed by atoms with Crippen LogP contribution in [0.1, 0.15) is 18.1 Å². The Bertz CT molecular complexity index is 475. The Morgan fingerprint density at radius 2 is 1.74 bits per heavy atom. The number of fused-ring (bicyclic) bond motifs is 1. The van der Waals surface area contributed by atoms with Gasteiger partial charge in [-0.1, -0.05) is 24.3 Å². The van der Waals surface area contributed by atoms with Crippen molar-refractivity contribution in [1.82, 2.24) is 0 Å². The van der Waals surface area contributed by atoms with Crippen molar-refractivity contribution in [3.63, 3.8) is 0 Å². The van der Waals surface area contributed by atoms with Crippen LogP contribution in [0.3, 0.4) is 0 Å². The van der Waals surface area contributed by atoms with Gasteiger partial charge in [-0.25, -0.2) is 0 Å². The molecule has 0 radical (unpaired) electrons. The number of nitriles is 1. The summed E-state index contributed by atoms with van der Waals surface area (Å²) in [7, 11) is 2.94. The molecule has 0 saturated heterocycles. The van der Waals surface area contributed by atoms with Gasteiger partial charge in [0.2, 0.25) is 0 Å². The number of hydrogen-bond acceptors (Lipinski definition) is 4. The fourth-order valence-corrected chi connectivity index (χ4v) is 2.95. The Kier molecular flexibility index (Phi) is 3.64. The number of aliphatic hydroxyl groups is 1. The van der Waals surface area contributed by atoms with Crippen LogP contribution in [0.4, 0.5) is 0 Å². The molecule has 1 N–H and O–H groups in total. The Labute approximate surface area is 113 Å². The highest BCUT2D eigenvalue weighted by Crippen LogP contribution is 2.46. The first-order chi connectivity index (χ1) is 9.00. The summed E-state index contributed by atoms with van der Waals surface area (Å²) in [6.45, 7) is 1.61. The molecule has 4 heteroatoms. The van der Waals surface area contributed by atoms with E-state index in [4.69, 9.17) is 9.47 Å². The van der Waals surface area contributed by atoms with Crippen LogP contribution in [0.25, 0.3) is 0 Å². The molecule has 0 heterocycles. The summed E-state index contributed by atoms with van der Waals surface area (Å²) in [6, 6.07) is 10.2. The number of methoxy groups -OCH3 is 2. The van der Waals surface area contributed by atoms with Gasteiger partial charge in [0.25, 0.3) is 0 Å². The fraction of sp³-hybridized carbons (Fsp3) is 0.533. The third kappa shape index (κ3) is 2.04. The normalized spacial score (nSPS) is 19.8. The monoisotopic (exact) mass is 261 g/mol. The lowest BCUT2D eigenvalue weighted by Gasteiger charge is -2.41. The third-order valence-electron chi connectivity index (χ3n) is 4.17. The summed E-state index contributed by atoms with van der Waals surface area (Å²) < 4.78 is 10.4. The van der Waals surface area contributed by atoms with E-state index in [0.29, 0.717) is 12.8 Å². The van der Waals surface area contributed by atoms with Crippen molar-refractivity contribution in [3.05, 3.63) is 35.4 Å². The average molecular weight is 261 g/mol. The first-order valence-corrected chi connectivity index (χ1v) is 6.27. The summed E-state index contributed by atoms with van der Waals surface area (Å²) in [5.74, 6) is 0. The SMILES string of the molecule is COC(OC)C(C)(O)C1(C#N)Cc2ccccc2C1. The lowest BCUT2D eigenvalue weighted by molar-refractivity contribution is -0.239. The Balaban J connectivity index is 2.40. The van der Waals surface area contributed by atoms with Crippen LogP contribution in [-0.4, -0.2) is 31.2 Å². The van der Waals surface area contributed by atoms with Gasteiger partial charge in [-0.05, 0) is 30.9 Å². The molecule has 0 spiro atoms. The van der Waals surface area contributed by atoms with Crippen LogP contribution >= 0.6 is 0 Å². The highest BCUT2D eigenvalue weighted by Gasteiger charge is 2.56. The molecule has 1 aliphatic carbocycles. The minimum atomic E-state index is -1.38. The quantitative estimate of drug-likeness (QED) is 0.837.